The van der Waals surface area contributed by atoms with Gasteiger partial charge in [0.1, 0.15) is 6.33 Å². The molecule has 0 aliphatic rings. The van der Waals surface area contributed by atoms with Crippen molar-refractivity contribution in [1.29, 1.82) is 0 Å². The Morgan fingerprint density at radius 2 is 2.62 bits per heavy atom. The van der Waals surface area contributed by atoms with Crippen molar-refractivity contribution in [3.05, 3.63) is 6.33 Å². The van der Waals surface area contributed by atoms with E-state index in [1.165, 1.54) is 11.8 Å². The van der Waals surface area contributed by atoms with Crippen LogP contribution in [0.25, 0.3) is 0 Å². The maximum absolute atomic E-state index is 10.7. The molecule has 1 aromatic rings. The van der Waals surface area contributed by atoms with Crippen LogP contribution < -0.4 is 11.3 Å². The molecule has 13 heavy (non-hydrogen) atoms. The van der Waals surface area contributed by atoms with Gasteiger partial charge in [-0.05, 0) is 0 Å². The highest BCUT2D eigenvalue weighted by molar-refractivity contribution is 7.99. The zero-order valence-corrected chi connectivity index (χ0v) is 8.04. The first-order chi connectivity index (χ1) is 6.24. The summed E-state index contributed by atoms with van der Waals surface area (Å²) in [7, 11) is 1.85. The zero-order valence-electron chi connectivity index (χ0n) is 7.23. The van der Waals surface area contributed by atoms with Crippen LogP contribution in [0.2, 0.25) is 0 Å². The Morgan fingerprint density at radius 3 is 3.15 bits per heavy atom. The van der Waals surface area contributed by atoms with E-state index in [0.717, 1.165) is 5.16 Å². The second-order valence-electron chi connectivity index (χ2n) is 2.39. The highest BCUT2D eigenvalue weighted by Crippen LogP contribution is 2.13. The number of carbonyl (C=O) groups excluding carboxylic acids is 1. The molecule has 0 radical (unpaired) electrons. The molecule has 3 N–H and O–H groups in total. The Kier molecular flexibility index (Phi) is 3.71. The second kappa shape index (κ2) is 4.83. The number of nitrogens with one attached hydrogen (secondary N) is 1. The summed E-state index contributed by atoms with van der Waals surface area (Å²) in [6.07, 6.45) is 2.00. The number of rotatable bonds is 4. The molecular formula is C6H11N5OS. The summed E-state index contributed by atoms with van der Waals surface area (Å²) in [5.41, 5.74) is 2.06. The lowest BCUT2D eigenvalue weighted by molar-refractivity contribution is -0.120. The van der Waals surface area contributed by atoms with Crippen LogP contribution in [0.15, 0.2) is 11.5 Å². The Morgan fingerprint density at radius 1 is 1.85 bits per heavy atom. The number of amides is 1. The Bertz CT molecular complexity index is 286. The van der Waals surface area contributed by atoms with Gasteiger partial charge in [-0.3, -0.25) is 10.2 Å². The number of nitrogens with zero attached hydrogens (tertiary/aromatic N) is 3. The number of thioether (sulfide) groups is 1. The van der Waals surface area contributed by atoms with Gasteiger partial charge in [0.15, 0.2) is 5.16 Å². The molecular weight excluding hydrogens is 190 g/mol. The van der Waals surface area contributed by atoms with Crippen LogP contribution >= 0.6 is 11.8 Å². The molecule has 72 valence electrons. The van der Waals surface area contributed by atoms with Crippen LogP contribution in [-0.4, -0.2) is 26.4 Å². The van der Waals surface area contributed by atoms with Gasteiger partial charge in [0, 0.05) is 19.2 Å². The fourth-order valence-corrected chi connectivity index (χ4v) is 1.54. The largest absolute Gasteiger partial charge is 0.312 e. The van der Waals surface area contributed by atoms with Crippen LogP contribution in [-0.2, 0) is 11.8 Å². The van der Waals surface area contributed by atoms with Crippen LogP contribution in [0.5, 0.6) is 0 Å². The third kappa shape index (κ3) is 3.03. The summed E-state index contributed by atoms with van der Waals surface area (Å²) in [6.45, 7) is 0. The smallest absolute Gasteiger partial charge is 0.234 e. The standard InChI is InChI=1S/C6H11N5OS/c1-11-4-8-10-6(11)13-3-2-5(12)9-7/h4H,2-3,7H2,1H3,(H,9,12). The van der Waals surface area contributed by atoms with E-state index in [2.05, 4.69) is 15.6 Å². The Labute approximate surface area is 79.9 Å². The molecule has 0 aliphatic heterocycles. The monoisotopic (exact) mass is 201 g/mol. The van der Waals surface area contributed by atoms with Crippen LogP contribution in [0.4, 0.5) is 0 Å². The van der Waals surface area contributed by atoms with Gasteiger partial charge in [0.2, 0.25) is 5.91 Å². The SMILES string of the molecule is Cn1cnnc1SCCC(=O)NN. The fraction of sp³-hybridized carbons (Fsp3) is 0.500. The zero-order chi connectivity index (χ0) is 9.68. The van der Waals surface area contributed by atoms with Crippen molar-refractivity contribution in [2.75, 3.05) is 5.75 Å². The first-order valence-corrected chi connectivity index (χ1v) is 4.69. The van der Waals surface area contributed by atoms with Gasteiger partial charge >= 0.3 is 0 Å². The quantitative estimate of drug-likeness (QED) is 0.291. The van der Waals surface area contributed by atoms with E-state index >= 15 is 0 Å². The number of hydrazine groups is 1. The number of carbonyl (C=O) groups is 1. The van der Waals surface area contributed by atoms with Crippen molar-refractivity contribution >= 4 is 17.7 Å². The summed E-state index contributed by atoms with van der Waals surface area (Å²) in [5, 5.41) is 8.35. The topological polar surface area (TPSA) is 85.8 Å². The number of nitrogens with two attached hydrogens (primary N) is 1. The van der Waals surface area contributed by atoms with Crippen LogP contribution in [0, 0.1) is 0 Å². The number of aromatic nitrogens is 3. The van der Waals surface area contributed by atoms with Gasteiger partial charge in [-0.1, -0.05) is 11.8 Å². The van der Waals surface area contributed by atoms with Crippen LogP contribution in [0.1, 0.15) is 6.42 Å². The van der Waals surface area contributed by atoms with Crippen molar-refractivity contribution in [2.45, 2.75) is 11.6 Å². The predicted octanol–water partition coefficient (Wildman–Crippen LogP) is -0.713. The molecule has 0 saturated carbocycles. The molecule has 1 aromatic heterocycles. The molecule has 7 heteroatoms. The lowest BCUT2D eigenvalue weighted by Crippen LogP contribution is -2.30. The van der Waals surface area contributed by atoms with E-state index in [-0.39, 0.29) is 5.91 Å². The van der Waals surface area contributed by atoms with Gasteiger partial charge in [0.05, 0.1) is 0 Å². The van der Waals surface area contributed by atoms with E-state index in [0.29, 0.717) is 12.2 Å². The first kappa shape index (κ1) is 10.0. The Balaban J connectivity index is 2.28. The number of hydrogen-bond acceptors (Lipinski definition) is 5. The van der Waals surface area contributed by atoms with Gasteiger partial charge in [-0.25, -0.2) is 5.84 Å². The molecule has 1 rings (SSSR count). The van der Waals surface area contributed by atoms with Crippen molar-refractivity contribution in [1.82, 2.24) is 20.2 Å². The fourth-order valence-electron chi connectivity index (χ4n) is 0.710. The summed E-state index contributed by atoms with van der Waals surface area (Å²) in [4.78, 5) is 10.7. The maximum atomic E-state index is 10.7. The average molecular weight is 201 g/mol. The first-order valence-electron chi connectivity index (χ1n) is 3.70. The molecule has 6 nitrogen and oxygen atoms in total. The minimum absolute atomic E-state index is 0.172. The third-order valence-corrected chi connectivity index (χ3v) is 2.43. The van der Waals surface area contributed by atoms with E-state index in [4.69, 9.17) is 5.84 Å². The van der Waals surface area contributed by atoms with Crippen molar-refractivity contribution < 1.29 is 4.79 Å². The molecule has 0 unspecified atom stereocenters. The third-order valence-electron chi connectivity index (χ3n) is 1.39. The lowest BCUT2D eigenvalue weighted by Gasteiger charge is -1.99. The van der Waals surface area contributed by atoms with Gasteiger partial charge in [-0.15, -0.1) is 10.2 Å². The van der Waals surface area contributed by atoms with Gasteiger partial charge in [-0.2, -0.15) is 0 Å². The van der Waals surface area contributed by atoms with Crippen molar-refractivity contribution in [2.24, 2.45) is 12.9 Å². The van der Waals surface area contributed by atoms with Crippen molar-refractivity contribution in [3.63, 3.8) is 0 Å². The second-order valence-corrected chi connectivity index (χ2v) is 3.45. The Hall–Kier alpha value is -1.08. The summed E-state index contributed by atoms with van der Waals surface area (Å²) in [5.74, 6) is 5.40. The van der Waals surface area contributed by atoms with E-state index in [1.54, 1.807) is 10.9 Å². The molecule has 0 aromatic carbocycles. The lowest BCUT2D eigenvalue weighted by atomic mass is 10.5. The van der Waals surface area contributed by atoms with Crippen molar-refractivity contribution in [3.8, 4) is 0 Å². The average Bonchev–Trinajstić information content (AvgIpc) is 2.52. The molecule has 0 atom stereocenters. The minimum Gasteiger partial charge on any atom is -0.312 e. The van der Waals surface area contributed by atoms with E-state index < -0.39 is 0 Å². The molecule has 0 spiro atoms. The molecule has 0 saturated heterocycles. The molecule has 1 heterocycles. The van der Waals surface area contributed by atoms with Gasteiger partial charge < -0.3 is 4.57 Å². The number of hydrogen-bond donors (Lipinski definition) is 2. The highest BCUT2D eigenvalue weighted by Gasteiger charge is 2.03. The van der Waals surface area contributed by atoms with Gasteiger partial charge in [0.25, 0.3) is 0 Å². The van der Waals surface area contributed by atoms with E-state index in [1.807, 2.05) is 7.05 Å². The molecule has 1 amide bonds. The van der Waals surface area contributed by atoms with E-state index in [9.17, 15) is 4.79 Å². The normalized spacial score (nSPS) is 10.0. The number of aryl methyl sites for hydroxylation is 1. The minimum atomic E-state index is -0.172. The summed E-state index contributed by atoms with van der Waals surface area (Å²) in [6, 6.07) is 0. The molecule has 0 aliphatic carbocycles. The molecule has 0 fully saturated rings. The molecule has 0 bridgehead atoms. The maximum Gasteiger partial charge on any atom is 0.234 e. The van der Waals surface area contributed by atoms with Crippen LogP contribution in [0.3, 0.4) is 0 Å². The highest BCUT2D eigenvalue weighted by atomic mass is 32.2. The summed E-state index contributed by atoms with van der Waals surface area (Å²) >= 11 is 1.47. The predicted molar refractivity (Wildman–Crippen MR) is 48.7 cm³/mol. The summed E-state index contributed by atoms with van der Waals surface area (Å²) < 4.78 is 1.80.